The van der Waals surface area contributed by atoms with Crippen LogP contribution in [0.3, 0.4) is 0 Å². The molecule has 0 bridgehead atoms. The Hall–Kier alpha value is -0.780. The van der Waals surface area contributed by atoms with Crippen molar-refractivity contribution in [1.29, 1.82) is 0 Å². The summed E-state index contributed by atoms with van der Waals surface area (Å²) in [5, 5.41) is 6.63. The van der Waals surface area contributed by atoms with Crippen molar-refractivity contribution < 1.29 is 0 Å². The van der Waals surface area contributed by atoms with E-state index in [1.807, 2.05) is 0 Å². The number of nitrogens with one attached hydrogen (secondary N) is 1. The first-order valence-electron chi connectivity index (χ1n) is 6.03. The highest BCUT2D eigenvalue weighted by atomic mass is 79.9. The van der Waals surface area contributed by atoms with Crippen molar-refractivity contribution in [2.75, 3.05) is 5.75 Å². The highest BCUT2D eigenvalue weighted by Gasteiger charge is 2.21. The maximum Gasteiger partial charge on any atom is 0.157 e. The van der Waals surface area contributed by atoms with Gasteiger partial charge in [-0.15, -0.1) is 11.3 Å². The summed E-state index contributed by atoms with van der Waals surface area (Å²) in [7, 11) is 0. The number of thioether (sulfide) groups is 1. The summed E-state index contributed by atoms with van der Waals surface area (Å²) in [6, 6.07) is 13.0. The van der Waals surface area contributed by atoms with Crippen molar-refractivity contribution in [3.63, 3.8) is 0 Å². The van der Waals surface area contributed by atoms with Crippen molar-refractivity contribution in [3.8, 4) is 0 Å². The molecule has 0 saturated carbocycles. The predicted molar refractivity (Wildman–Crippen MR) is 87.9 cm³/mol. The van der Waals surface area contributed by atoms with E-state index in [1.54, 1.807) is 23.1 Å². The lowest BCUT2D eigenvalue weighted by atomic mass is 10.1. The minimum absolute atomic E-state index is 0.386. The molecule has 1 saturated heterocycles. The lowest BCUT2D eigenvalue weighted by molar-refractivity contribution is 0.749. The Morgan fingerprint density at radius 3 is 2.84 bits per heavy atom. The number of amidine groups is 1. The Balaban J connectivity index is 1.64. The molecule has 1 aromatic carbocycles. The second kappa shape index (κ2) is 6.11. The zero-order valence-corrected chi connectivity index (χ0v) is 13.4. The molecule has 1 fully saturated rings. The molecule has 3 rings (SSSR count). The fourth-order valence-corrected chi connectivity index (χ4v) is 4.32. The van der Waals surface area contributed by atoms with Crippen LogP contribution in [0.5, 0.6) is 0 Å². The number of thiophene rings is 1. The first-order valence-corrected chi connectivity index (χ1v) is 8.69. The van der Waals surface area contributed by atoms with Gasteiger partial charge in [-0.2, -0.15) is 0 Å². The third-order valence-electron chi connectivity index (χ3n) is 2.94. The van der Waals surface area contributed by atoms with Crippen molar-refractivity contribution in [3.05, 3.63) is 56.7 Å². The van der Waals surface area contributed by atoms with E-state index in [9.17, 15) is 0 Å². The fourth-order valence-electron chi connectivity index (χ4n) is 1.93. The number of hydrogen-bond donors (Lipinski definition) is 1. The second-order valence-corrected chi connectivity index (χ2v) is 7.10. The van der Waals surface area contributed by atoms with Gasteiger partial charge >= 0.3 is 0 Å². The molecule has 5 heteroatoms. The standard InChI is InChI=1S/C14H13BrN2S2/c15-11-6-7-18-13(11)8-16-14-17-12(9-19-14)10-4-2-1-3-5-10/h1-7,12H,8-9H2,(H,16,17). The van der Waals surface area contributed by atoms with E-state index in [0.29, 0.717) is 6.04 Å². The van der Waals surface area contributed by atoms with Crippen LogP contribution in [-0.4, -0.2) is 10.9 Å². The van der Waals surface area contributed by atoms with E-state index >= 15 is 0 Å². The SMILES string of the molecule is Brc1ccsc1CN=C1NC(c2ccccc2)CS1. The molecule has 0 radical (unpaired) electrons. The molecule has 2 heterocycles. The number of nitrogens with zero attached hydrogens (tertiary/aromatic N) is 1. The summed E-state index contributed by atoms with van der Waals surface area (Å²) in [6.07, 6.45) is 0. The zero-order valence-electron chi connectivity index (χ0n) is 10.2. The maximum atomic E-state index is 4.65. The third kappa shape index (κ3) is 3.22. The Labute approximate surface area is 129 Å². The van der Waals surface area contributed by atoms with Crippen molar-refractivity contribution in [2.24, 2.45) is 4.99 Å². The van der Waals surface area contributed by atoms with Gasteiger partial charge in [-0.05, 0) is 32.9 Å². The van der Waals surface area contributed by atoms with Crippen LogP contribution in [0.4, 0.5) is 0 Å². The largest absolute Gasteiger partial charge is 0.357 e. The highest BCUT2D eigenvalue weighted by Crippen LogP contribution is 2.27. The van der Waals surface area contributed by atoms with Gasteiger partial charge in [-0.25, -0.2) is 0 Å². The minimum atomic E-state index is 0.386. The molecule has 1 aliphatic heterocycles. The summed E-state index contributed by atoms with van der Waals surface area (Å²) in [4.78, 5) is 5.93. The monoisotopic (exact) mass is 352 g/mol. The number of benzene rings is 1. The van der Waals surface area contributed by atoms with Crippen LogP contribution < -0.4 is 5.32 Å². The normalized spacial score (nSPS) is 20.7. The Bertz CT molecular complexity index is 580. The molecule has 1 aromatic heterocycles. The van der Waals surface area contributed by atoms with Gasteiger partial charge in [-0.1, -0.05) is 42.1 Å². The molecular formula is C14H13BrN2S2. The number of aliphatic imine (C=N–C) groups is 1. The summed E-state index contributed by atoms with van der Waals surface area (Å²) in [5.74, 6) is 1.05. The van der Waals surface area contributed by atoms with Gasteiger partial charge in [0.05, 0.1) is 12.6 Å². The lowest BCUT2D eigenvalue weighted by Gasteiger charge is -2.09. The molecule has 2 nitrogen and oxygen atoms in total. The number of halogens is 1. The molecule has 19 heavy (non-hydrogen) atoms. The van der Waals surface area contributed by atoms with Gasteiger partial charge in [0, 0.05) is 15.1 Å². The van der Waals surface area contributed by atoms with Crippen LogP contribution in [0.1, 0.15) is 16.5 Å². The molecule has 1 N–H and O–H groups in total. The maximum absolute atomic E-state index is 4.65. The van der Waals surface area contributed by atoms with Crippen LogP contribution >= 0.6 is 39.0 Å². The van der Waals surface area contributed by atoms with Crippen LogP contribution in [0.25, 0.3) is 0 Å². The van der Waals surface area contributed by atoms with Gasteiger partial charge in [0.15, 0.2) is 5.17 Å². The predicted octanol–water partition coefficient (Wildman–Crippen LogP) is 4.44. The summed E-state index contributed by atoms with van der Waals surface area (Å²) in [6.45, 7) is 0.745. The van der Waals surface area contributed by atoms with Crippen molar-refractivity contribution in [2.45, 2.75) is 12.6 Å². The fraction of sp³-hybridized carbons (Fsp3) is 0.214. The molecule has 0 amide bonds. The van der Waals surface area contributed by atoms with Gasteiger partial charge in [0.25, 0.3) is 0 Å². The summed E-state index contributed by atoms with van der Waals surface area (Å²) < 4.78 is 1.16. The second-order valence-electron chi connectivity index (χ2n) is 4.23. The molecule has 2 aromatic rings. The topological polar surface area (TPSA) is 24.4 Å². The Morgan fingerprint density at radius 2 is 2.11 bits per heavy atom. The van der Waals surface area contributed by atoms with Crippen LogP contribution in [0, 0.1) is 0 Å². The van der Waals surface area contributed by atoms with Crippen molar-refractivity contribution in [1.82, 2.24) is 5.32 Å². The molecular weight excluding hydrogens is 340 g/mol. The van der Waals surface area contributed by atoms with Crippen molar-refractivity contribution >= 4 is 44.2 Å². The van der Waals surface area contributed by atoms with E-state index in [0.717, 1.165) is 21.9 Å². The zero-order chi connectivity index (χ0) is 13.1. The smallest absolute Gasteiger partial charge is 0.157 e. The van der Waals surface area contributed by atoms with Gasteiger partial charge < -0.3 is 5.32 Å². The molecule has 98 valence electrons. The highest BCUT2D eigenvalue weighted by molar-refractivity contribution is 9.10. The van der Waals surface area contributed by atoms with Gasteiger partial charge in [-0.3, -0.25) is 4.99 Å². The Morgan fingerprint density at radius 1 is 1.26 bits per heavy atom. The molecule has 0 spiro atoms. The number of hydrogen-bond acceptors (Lipinski definition) is 3. The summed E-state index contributed by atoms with van der Waals surface area (Å²) >= 11 is 7.08. The van der Waals surface area contributed by atoms with E-state index in [2.05, 4.69) is 68.0 Å². The van der Waals surface area contributed by atoms with E-state index in [4.69, 9.17) is 0 Å². The molecule has 0 aliphatic carbocycles. The Kier molecular flexibility index (Phi) is 4.25. The van der Waals surface area contributed by atoms with Crippen LogP contribution in [-0.2, 0) is 6.54 Å². The van der Waals surface area contributed by atoms with Crippen LogP contribution in [0.15, 0.2) is 51.2 Å². The van der Waals surface area contributed by atoms with E-state index in [1.165, 1.54) is 10.4 Å². The third-order valence-corrected chi connectivity index (χ3v) is 5.88. The van der Waals surface area contributed by atoms with E-state index in [-0.39, 0.29) is 0 Å². The lowest BCUT2D eigenvalue weighted by Crippen LogP contribution is -2.19. The molecule has 1 unspecified atom stereocenters. The number of rotatable bonds is 3. The van der Waals surface area contributed by atoms with Gasteiger partial charge in [0.1, 0.15) is 0 Å². The summed E-state index contributed by atoms with van der Waals surface area (Å²) in [5.41, 5.74) is 1.33. The first-order chi connectivity index (χ1) is 9.33. The minimum Gasteiger partial charge on any atom is -0.357 e. The van der Waals surface area contributed by atoms with E-state index < -0.39 is 0 Å². The molecule has 1 atom stereocenters. The van der Waals surface area contributed by atoms with Crippen LogP contribution in [0.2, 0.25) is 0 Å². The molecule has 1 aliphatic rings. The van der Waals surface area contributed by atoms with Gasteiger partial charge in [0.2, 0.25) is 0 Å². The average molecular weight is 353 g/mol. The quantitative estimate of drug-likeness (QED) is 0.882. The first kappa shape index (κ1) is 13.2. The average Bonchev–Trinajstić information content (AvgIpc) is 3.06.